The second-order valence-corrected chi connectivity index (χ2v) is 4.47. The van der Waals surface area contributed by atoms with Crippen LogP contribution in [0.5, 0.6) is 0 Å². The van der Waals surface area contributed by atoms with Crippen molar-refractivity contribution in [3.8, 4) is 0 Å². The Balaban J connectivity index is 0.000000606. The fourth-order valence-corrected chi connectivity index (χ4v) is 2.32. The van der Waals surface area contributed by atoms with E-state index < -0.39 is 0 Å². The van der Waals surface area contributed by atoms with Gasteiger partial charge in [-0.1, -0.05) is 25.6 Å². The molecule has 0 aromatic carbocycles. The van der Waals surface area contributed by atoms with Gasteiger partial charge < -0.3 is 10.2 Å². The number of rotatable bonds is 2. The molecule has 0 radical (unpaired) electrons. The van der Waals surface area contributed by atoms with Crippen LogP contribution >= 0.6 is 0 Å². The van der Waals surface area contributed by atoms with Gasteiger partial charge in [0.15, 0.2) is 0 Å². The molecular formula is C13H24N2O. The fourth-order valence-electron chi connectivity index (χ4n) is 2.32. The van der Waals surface area contributed by atoms with Crippen molar-refractivity contribution in [2.75, 3.05) is 0 Å². The summed E-state index contributed by atoms with van der Waals surface area (Å²) in [6.07, 6.45) is 7.43. The normalized spacial score (nSPS) is 31.6. The number of oxime groups is 1. The molecule has 0 unspecified atom stereocenters. The van der Waals surface area contributed by atoms with Gasteiger partial charge in [0.05, 0.1) is 0 Å². The van der Waals surface area contributed by atoms with E-state index in [9.17, 15) is 0 Å². The van der Waals surface area contributed by atoms with Gasteiger partial charge in [0.25, 0.3) is 0 Å². The summed E-state index contributed by atoms with van der Waals surface area (Å²) in [5.41, 5.74) is 1.11. The quantitative estimate of drug-likeness (QED) is 0.781. The number of nitrogens with one attached hydrogen (secondary N) is 1. The second kappa shape index (κ2) is 5.92. The van der Waals surface area contributed by atoms with Crippen molar-refractivity contribution in [1.82, 2.24) is 5.32 Å². The van der Waals surface area contributed by atoms with Crippen LogP contribution in [0.4, 0.5) is 0 Å². The lowest BCUT2D eigenvalue weighted by molar-refractivity contribution is -0.0494. The summed E-state index contributed by atoms with van der Waals surface area (Å²) < 4.78 is 0. The Hall–Kier alpha value is -0.990. The van der Waals surface area contributed by atoms with Crippen LogP contribution in [0.1, 0.15) is 52.9 Å². The molecule has 1 spiro atoms. The van der Waals surface area contributed by atoms with E-state index in [0.29, 0.717) is 6.04 Å². The lowest BCUT2D eigenvalue weighted by atomic mass is 9.80. The first-order valence-corrected chi connectivity index (χ1v) is 6.32. The Morgan fingerprint density at radius 2 is 2.06 bits per heavy atom. The first-order chi connectivity index (χ1) is 7.70. The Morgan fingerprint density at radius 3 is 2.50 bits per heavy atom. The molecule has 0 amide bonds. The maximum Gasteiger partial charge on any atom is 0.142 e. The predicted molar refractivity (Wildman–Crippen MR) is 68.5 cm³/mol. The molecule has 0 saturated heterocycles. The van der Waals surface area contributed by atoms with E-state index in [1.54, 1.807) is 0 Å². The van der Waals surface area contributed by atoms with Gasteiger partial charge >= 0.3 is 0 Å². The number of hydrogen-bond acceptors (Lipinski definition) is 3. The van der Waals surface area contributed by atoms with Crippen LogP contribution in [0.2, 0.25) is 0 Å². The summed E-state index contributed by atoms with van der Waals surface area (Å²) in [5, 5.41) is 7.28. The standard InChI is InChI=1S/C11H18N2O.C2H6/c1-9(2)13-10-3-5-11(6-4-10)7-8-12-14-11;1-2/h8,10,13H,1,3-7H2,2H3;1-2H3. The molecule has 92 valence electrons. The highest BCUT2D eigenvalue weighted by atomic mass is 16.7. The smallest absolute Gasteiger partial charge is 0.142 e. The van der Waals surface area contributed by atoms with E-state index in [4.69, 9.17) is 4.84 Å². The largest absolute Gasteiger partial charge is 0.389 e. The zero-order valence-electron chi connectivity index (χ0n) is 10.8. The molecule has 1 saturated carbocycles. The monoisotopic (exact) mass is 224 g/mol. The lowest BCUT2D eigenvalue weighted by Gasteiger charge is -2.35. The first-order valence-electron chi connectivity index (χ1n) is 6.32. The van der Waals surface area contributed by atoms with E-state index in [0.717, 1.165) is 37.8 Å². The molecule has 1 fully saturated rings. The van der Waals surface area contributed by atoms with E-state index in [-0.39, 0.29) is 5.60 Å². The molecular weight excluding hydrogens is 200 g/mol. The van der Waals surface area contributed by atoms with Crippen LogP contribution in [0.3, 0.4) is 0 Å². The van der Waals surface area contributed by atoms with Crippen LogP contribution in [0.25, 0.3) is 0 Å². The summed E-state index contributed by atoms with van der Waals surface area (Å²) in [5.74, 6) is 0. The van der Waals surface area contributed by atoms with Crippen molar-refractivity contribution in [2.45, 2.75) is 64.5 Å². The Kier molecular flexibility index (Phi) is 4.84. The molecule has 2 aliphatic rings. The van der Waals surface area contributed by atoms with Crippen LogP contribution in [-0.4, -0.2) is 17.9 Å². The maximum absolute atomic E-state index is 5.45. The Labute approximate surface area is 98.9 Å². The van der Waals surface area contributed by atoms with Gasteiger partial charge in [-0.2, -0.15) is 0 Å². The van der Waals surface area contributed by atoms with Crippen LogP contribution in [-0.2, 0) is 4.84 Å². The summed E-state index contributed by atoms with van der Waals surface area (Å²) in [4.78, 5) is 5.45. The van der Waals surface area contributed by atoms with E-state index in [1.165, 1.54) is 0 Å². The highest BCUT2D eigenvalue weighted by Gasteiger charge is 2.39. The van der Waals surface area contributed by atoms with Gasteiger partial charge in [-0.3, -0.25) is 0 Å². The third kappa shape index (κ3) is 3.26. The van der Waals surface area contributed by atoms with E-state index in [2.05, 4.69) is 17.1 Å². The average molecular weight is 224 g/mol. The summed E-state index contributed by atoms with van der Waals surface area (Å²) >= 11 is 0. The topological polar surface area (TPSA) is 33.6 Å². The van der Waals surface area contributed by atoms with E-state index in [1.807, 2.05) is 27.0 Å². The molecule has 0 aromatic heterocycles. The zero-order valence-corrected chi connectivity index (χ0v) is 10.8. The highest BCUT2D eigenvalue weighted by molar-refractivity contribution is 5.59. The van der Waals surface area contributed by atoms with Crippen LogP contribution in [0, 0.1) is 0 Å². The zero-order chi connectivity index (χ0) is 12.0. The van der Waals surface area contributed by atoms with Crippen molar-refractivity contribution in [2.24, 2.45) is 5.16 Å². The Bertz CT molecular complexity index is 243. The lowest BCUT2D eigenvalue weighted by Crippen LogP contribution is -2.40. The third-order valence-electron chi connectivity index (χ3n) is 3.13. The fraction of sp³-hybridized carbons (Fsp3) is 0.769. The van der Waals surface area contributed by atoms with Gasteiger partial charge in [-0.25, -0.2) is 0 Å². The molecule has 3 nitrogen and oxygen atoms in total. The number of hydrogen-bond donors (Lipinski definition) is 1. The molecule has 0 aromatic rings. The van der Waals surface area contributed by atoms with Crippen LogP contribution in [0.15, 0.2) is 17.4 Å². The first kappa shape index (κ1) is 13.1. The molecule has 0 atom stereocenters. The average Bonchev–Trinajstić information content (AvgIpc) is 2.73. The molecule has 1 aliphatic carbocycles. The third-order valence-corrected chi connectivity index (χ3v) is 3.13. The van der Waals surface area contributed by atoms with E-state index >= 15 is 0 Å². The molecule has 16 heavy (non-hydrogen) atoms. The maximum atomic E-state index is 5.45. The molecule has 1 aliphatic heterocycles. The highest BCUT2D eigenvalue weighted by Crippen LogP contribution is 2.36. The SMILES string of the molecule is C=C(C)NC1CCC2(CC=NO2)CC1.CC. The Morgan fingerprint density at radius 1 is 1.44 bits per heavy atom. The molecule has 3 heteroatoms. The van der Waals surface area contributed by atoms with Gasteiger partial charge in [-0.05, 0) is 32.6 Å². The number of allylic oxidation sites excluding steroid dienone is 1. The second-order valence-electron chi connectivity index (χ2n) is 4.47. The van der Waals surface area contributed by atoms with Gasteiger partial charge in [0.1, 0.15) is 5.60 Å². The van der Waals surface area contributed by atoms with Gasteiger partial charge in [-0.15, -0.1) is 0 Å². The summed E-state index contributed by atoms with van der Waals surface area (Å²) in [7, 11) is 0. The molecule has 2 rings (SSSR count). The van der Waals surface area contributed by atoms with Gasteiger partial charge in [0.2, 0.25) is 0 Å². The van der Waals surface area contributed by atoms with Crippen molar-refractivity contribution < 1.29 is 4.84 Å². The minimum Gasteiger partial charge on any atom is -0.389 e. The van der Waals surface area contributed by atoms with Gasteiger partial charge in [0, 0.05) is 24.4 Å². The van der Waals surface area contributed by atoms with Crippen molar-refractivity contribution in [1.29, 1.82) is 0 Å². The number of nitrogens with zero attached hydrogens (tertiary/aromatic N) is 1. The molecule has 0 bridgehead atoms. The van der Waals surface area contributed by atoms with Crippen molar-refractivity contribution in [3.05, 3.63) is 12.3 Å². The predicted octanol–water partition coefficient (Wildman–Crippen LogP) is 3.22. The molecule has 1 heterocycles. The summed E-state index contributed by atoms with van der Waals surface area (Å²) in [6, 6.07) is 0.585. The minimum atomic E-state index is 0.0489. The summed E-state index contributed by atoms with van der Waals surface area (Å²) in [6.45, 7) is 9.88. The minimum absolute atomic E-state index is 0.0489. The van der Waals surface area contributed by atoms with Crippen LogP contribution < -0.4 is 5.32 Å². The van der Waals surface area contributed by atoms with Crippen molar-refractivity contribution >= 4 is 6.21 Å². The van der Waals surface area contributed by atoms with Crippen molar-refractivity contribution in [3.63, 3.8) is 0 Å². The molecule has 1 N–H and O–H groups in total.